The van der Waals surface area contributed by atoms with Crippen LogP contribution >= 0.6 is 0 Å². The summed E-state index contributed by atoms with van der Waals surface area (Å²) in [6.07, 6.45) is 4.30. The lowest BCUT2D eigenvalue weighted by molar-refractivity contribution is -0.136. The molecule has 10 nitrogen and oxygen atoms in total. The Morgan fingerprint density at radius 2 is 1.67 bits per heavy atom. The molecule has 3 saturated heterocycles. The number of hydrogen-bond donors (Lipinski definition) is 0. The third-order valence-electron chi connectivity index (χ3n) is 9.01. The summed E-state index contributed by atoms with van der Waals surface area (Å²) in [6.45, 7) is 3.86. The zero-order chi connectivity index (χ0) is 28.8. The third kappa shape index (κ3) is 4.55. The summed E-state index contributed by atoms with van der Waals surface area (Å²) in [5.74, 6) is 0.689. The van der Waals surface area contributed by atoms with E-state index in [1.54, 1.807) is 11.1 Å². The minimum atomic E-state index is -0.990. The van der Waals surface area contributed by atoms with Crippen LogP contribution in [0.2, 0.25) is 0 Å². The molecule has 0 saturated carbocycles. The number of fused-ring (bicyclic) bond motifs is 1. The van der Waals surface area contributed by atoms with Gasteiger partial charge in [-0.15, -0.1) is 0 Å². The quantitative estimate of drug-likeness (QED) is 0.478. The van der Waals surface area contributed by atoms with E-state index in [1.807, 2.05) is 46.2 Å². The number of carbonyl (C=O) groups is 3. The molecule has 3 fully saturated rings. The van der Waals surface area contributed by atoms with Crippen molar-refractivity contribution in [3.05, 3.63) is 66.4 Å². The largest absolute Gasteiger partial charge is 0.453 e. The molecule has 0 N–H and O–H groups in total. The van der Waals surface area contributed by atoms with Gasteiger partial charge in [-0.05, 0) is 48.4 Å². The first-order valence-electron chi connectivity index (χ1n) is 14.7. The maximum Gasteiger partial charge on any atom is 0.409 e. The van der Waals surface area contributed by atoms with Gasteiger partial charge in [0.05, 0.1) is 25.7 Å². The van der Waals surface area contributed by atoms with Crippen molar-refractivity contribution in [1.29, 1.82) is 0 Å². The Morgan fingerprint density at radius 1 is 0.929 bits per heavy atom. The molecule has 2 aromatic carbocycles. The first-order chi connectivity index (χ1) is 20.4. The summed E-state index contributed by atoms with van der Waals surface area (Å²) < 4.78 is 4.86. The normalized spacial score (nSPS) is 21.3. The lowest BCUT2D eigenvalue weighted by Gasteiger charge is -2.43. The Hall–Kier alpha value is -4.47. The zero-order valence-electron chi connectivity index (χ0n) is 23.7. The van der Waals surface area contributed by atoms with E-state index >= 15 is 0 Å². The van der Waals surface area contributed by atoms with Crippen molar-refractivity contribution in [3.8, 4) is 11.1 Å². The topological polar surface area (TPSA) is 98.7 Å². The molecular formula is C32H34N6O4. The molecule has 10 heteroatoms. The Bertz CT molecular complexity index is 1580. The van der Waals surface area contributed by atoms with Crippen LogP contribution in [0.5, 0.6) is 0 Å². The molecule has 1 aromatic heterocycles. The minimum absolute atomic E-state index is 0.0911. The second-order valence-corrected chi connectivity index (χ2v) is 11.8. The number of hydrogen-bond acceptors (Lipinski definition) is 6. The summed E-state index contributed by atoms with van der Waals surface area (Å²) in [7, 11) is 1.34. The summed E-state index contributed by atoms with van der Waals surface area (Å²) in [4.78, 5) is 55.6. The van der Waals surface area contributed by atoms with Gasteiger partial charge in [0, 0.05) is 49.9 Å². The molecule has 1 atom stereocenters. The number of urea groups is 1. The van der Waals surface area contributed by atoms with Crippen molar-refractivity contribution >= 4 is 34.8 Å². The fourth-order valence-electron chi connectivity index (χ4n) is 6.68. The predicted molar refractivity (Wildman–Crippen MR) is 158 cm³/mol. The van der Waals surface area contributed by atoms with Crippen molar-refractivity contribution < 1.29 is 19.1 Å². The Balaban J connectivity index is 1.13. The second-order valence-electron chi connectivity index (χ2n) is 11.8. The monoisotopic (exact) mass is 566 g/mol. The van der Waals surface area contributed by atoms with Crippen LogP contribution in [0.25, 0.3) is 22.0 Å². The van der Waals surface area contributed by atoms with Gasteiger partial charge in [0.2, 0.25) is 0 Å². The lowest BCUT2D eigenvalue weighted by Crippen LogP contribution is -2.66. The molecule has 0 bridgehead atoms. The summed E-state index contributed by atoms with van der Waals surface area (Å²) in [6, 6.07) is 18.4. The number of rotatable bonds is 4. The van der Waals surface area contributed by atoms with E-state index in [1.165, 1.54) is 12.0 Å². The summed E-state index contributed by atoms with van der Waals surface area (Å²) in [5, 5.41) is 1.09. The number of amides is 4. The van der Waals surface area contributed by atoms with Crippen LogP contribution in [0, 0.1) is 5.92 Å². The summed E-state index contributed by atoms with van der Waals surface area (Å²) >= 11 is 0. The highest BCUT2D eigenvalue weighted by Gasteiger charge is 2.58. The fraction of sp³-hybridized carbons (Fsp3) is 0.406. The molecule has 4 amide bonds. The van der Waals surface area contributed by atoms with Gasteiger partial charge < -0.3 is 19.4 Å². The summed E-state index contributed by atoms with van der Waals surface area (Å²) in [5.41, 5.74) is 2.90. The van der Waals surface area contributed by atoms with Gasteiger partial charge in [-0.3, -0.25) is 14.7 Å². The van der Waals surface area contributed by atoms with Crippen molar-refractivity contribution in [3.63, 3.8) is 0 Å². The predicted octanol–water partition coefficient (Wildman–Crippen LogP) is 3.85. The Morgan fingerprint density at radius 3 is 2.43 bits per heavy atom. The van der Waals surface area contributed by atoms with Crippen LogP contribution in [-0.2, 0) is 9.53 Å². The molecule has 0 radical (unpaired) electrons. The molecule has 4 aliphatic rings. The highest BCUT2D eigenvalue weighted by atomic mass is 16.5. The maximum absolute atomic E-state index is 13.9. The SMILES string of the molecule is COC(=O)N1CC2(C1)N=C(c1ccc(-c3ccc4cccnc4c3)cc1)N(C[C@@H]1CCN(C(=O)N3CCCC3)C1)C2=O. The van der Waals surface area contributed by atoms with E-state index < -0.39 is 11.6 Å². The highest BCUT2D eigenvalue weighted by Crippen LogP contribution is 2.36. The number of amidine groups is 1. The van der Waals surface area contributed by atoms with Gasteiger partial charge in [0.1, 0.15) is 5.84 Å². The van der Waals surface area contributed by atoms with E-state index in [2.05, 4.69) is 23.2 Å². The van der Waals surface area contributed by atoms with E-state index in [9.17, 15) is 14.4 Å². The van der Waals surface area contributed by atoms with Gasteiger partial charge >= 0.3 is 12.1 Å². The molecule has 216 valence electrons. The molecular weight excluding hydrogens is 532 g/mol. The van der Waals surface area contributed by atoms with Crippen LogP contribution in [0.3, 0.4) is 0 Å². The van der Waals surface area contributed by atoms with Gasteiger partial charge in [0.25, 0.3) is 5.91 Å². The molecule has 4 aliphatic heterocycles. The molecule has 5 heterocycles. The Kier molecular flexibility index (Phi) is 6.56. The first-order valence-corrected chi connectivity index (χ1v) is 14.7. The van der Waals surface area contributed by atoms with Crippen molar-refractivity contribution in [2.75, 3.05) is 52.9 Å². The molecule has 3 aromatic rings. The third-order valence-corrected chi connectivity index (χ3v) is 9.01. The number of nitrogens with zero attached hydrogens (tertiary/aromatic N) is 6. The van der Waals surface area contributed by atoms with E-state index in [0.29, 0.717) is 25.5 Å². The van der Waals surface area contributed by atoms with Crippen LogP contribution < -0.4 is 0 Å². The van der Waals surface area contributed by atoms with Gasteiger partial charge in [-0.1, -0.05) is 42.5 Å². The van der Waals surface area contributed by atoms with E-state index in [4.69, 9.17) is 9.73 Å². The standard InChI is InChI=1S/C32H34N6O4/c1-42-31(41)37-20-32(21-37)29(39)38(19-22-12-16-36(18-22)30(40)35-14-2-3-15-35)28(34-32)25-9-6-23(7-10-25)26-11-8-24-5-4-13-33-27(24)17-26/h4-11,13,17,22H,2-3,12,14-16,18-21H2,1H3/t22-/m1/s1. The van der Waals surface area contributed by atoms with Crippen LogP contribution in [-0.4, -0.2) is 107 Å². The van der Waals surface area contributed by atoms with Crippen LogP contribution in [0.4, 0.5) is 9.59 Å². The molecule has 1 spiro atoms. The number of aromatic nitrogens is 1. The van der Waals surface area contributed by atoms with Crippen molar-refractivity contribution in [1.82, 2.24) is 24.6 Å². The second kappa shape index (κ2) is 10.4. The highest BCUT2D eigenvalue weighted by molar-refractivity contribution is 6.16. The fourth-order valence-corrected chi connectivity index (χ4v) is 6.68. The smallest absolute Gasteiger partial charge is 0.409 e. The number of ether oxygens (including phenoxy) is 1. The Labute approximate surface area is 244 Å². The average molecular weight is 567 g/mol. The molecule has 42 heavy (non-hydrogen) atoms. The van der Waals surface area contributed by atoms with E-state index in [0.717, 1.165) is 59.9 Å². The number of methoxy groups -OCH3 is 1. The van der Waals surface area contributed by atoms with Crippen molar-refractivity contribution in [2.45, 2.75) is 24.8 Å². The zero-order valence-corrected chi connectivity index (χ0v) is 23.7. The van der Waals surface area contributed by atoms with Crippen LogP contribution in [0.15, 0.2) is 65.8 Å². The van der Waals surface area contributed by atoms with E-state index in [-0.39, 0.29) is 30.9 Å². The molecule has 0 aliphatic carbocycles. The van der Waals surface area contributed by atoms with Gasteiger partial charge in [-0.2, -0.15) is 0 Å². The first kappa shape index (κ1) is 26.4. The number of pyridine rings is 1. The minimum Gasteiger partial charge on any atom is -0.453 e. The lowest BCUT2D eigenvalue weighted by atomic mass is 9.90. The molecule has 7 rings (SSSR count). The van der Waals surface area contributed by atoms with Gasteiger partial charge in [0.15, 0.2) is 5.54 Å². The number of likely N-dealkylation sites (tertiary alicyclic amines) is 3. The van der Waals surface area contributed by atoms with Gasteiger partial charge in [-0.25, -0.2) is 14.6 Å². The number of aliphatic imine (C=N–C) groups is 1. The number of benzene rings is 2. The van der Waals surface area contributed by atoms with Crippen molar-refractivity contribution in [2.24, 2.45) is 10.9 Å². The maximum atomic E-state index is 13.9. The number of carbonyl (C=O) groups excluding carboxylic acids is 3. The molecule has 0 unspecified atom stereocenters. The van der Waals surface area contributed by atoms with Crippen LogP contribution in [0.1, 0.15) is 24.8 Å². The average Bonchev–Trinajstić information content (AvgIpc) is 3.77.